The number of ether oxygens (including phenoxy) is 1. The van der Waals surface area contributed by atoms with Gasteiger partial charge in [-0.05, 0) is 25.7 Å². The van der Waals surface area contributed by atoms with Gasteiger partial charge in [-0.1, -0.05) is 19.3 Å². The fraction of sp³-hybridized carbons (Fsp3) is 0.571. The molecular formula is C14H15F5O. The van der Waals surface area contributed by atoms with Crippen LogP contribution in [0.1, 0.15) is 44.9 Å². The van der Waals surface area contributed by atoms with Crippen molar-refractivity contribution in [2.45, 2.75) is 51.0 Å². The molecule has 0 unspecified atom stereocenters. The summed E-state index contributed by atoms with van der Waals surface area (Å²) in [6.45, 7) is 0. The van der Waals surface area contributed by atoms with Gasteiger partial charge in [0.05, 0.1) is 6.10 Å². The Morgan fingerprint density at radius 2 is 1.00 bits per heavy atom. The summed E-state index contributed by atoms with van der Waals surface area (Å²) in [6.07, 6.45) is 5.30. The summed E-state index contributed by atoms with van der Waals surface area (Å²) in [5.41, 5.74) is 0. The Morgan fingerprint density at radius 1 is 0.600 bits per heavy atom. The molecule has 0 aliphatic heterocycles. The lowest BCUT2D eigenvalue weighted by atomic mass is 9.98. The van der Waals surface area contributed by atoms with E-state index in [1.165, 1.54) is 0 Å². The second kappa shape index (κ2) is 6.41. The molecule has 1 saturated carbocycles. The van der Waals surface area contributed by atoms with Gasteiger partial charge in [-0.3, -0.25) is 0 Å². The monoisotopic (exact) mass is 294 g/mol. The maximum Gasteiger partial charge on any atom is 0.207 e. The predicted octanol–water partition coefficient (Wildman–Crippen LogP) is 4.87. The zero-order valence-electron chi connectivity index (χ0n) is 10.8. The van der Waals surface area contributed by atoms with Crippen LogP contribution in [0.4, 0.5) is 22.0 Å². The molecule has 1 aliphatic carbocycles. The standard InChI is InChI=1S/C14H15F5O/c15-9-10(16)12(18)14(13(19)11(9)17)20-8-6-4-2-1-3-5-7-8/h8H,1-7H2. The second-order valence-corrected chi connectivity index (χ2v) is 4.98. The first-order valence-electron chi connectivity index (χ1n) is 6.70. The molecule has 1 fully saturated rings. The summed E-state index contributed by atoms with van der Waals surface area (Å²) in [5, 5.41) is 0. The summed E-state index contributed by atoms with van der Waals surface area (Å²) in [7, 11) is 0. The van der Waals surface area contributed by atoms with Gasteiger partial charge in [0.15, 0.2) is 5.75 Å². The normalized spacial score (nSPS) is 17.6. The Balaban J connectivity index is 2.24. The van der Waals surface area contributed by atoms with E-state index < -0.39 is 40.9 Å². The minimum Gasteiger partial charge on any atom is -0.484 e. The molecule has 112 valence electrons. The van der Waals surface area contributed by atoms with Gasteiger partial charge in [0.2, 0.25) is 29.1 Å². The first kappa shape index (κ1) is 15.1. The van der Waals surface area contributed by atoms with Crippen LogP contribution in [-0.2, 0) is 0 Å². The van der Waals surface area contributed by atoms with Crippen LogP contribution in [0.25, 0.3) is 0 Å². The number of hydrogen-bond donors (Lipinski definition) is 0. The van der Waals surface area contributed by atoms with Crippen molar-refractivity contribution in [2.75, 3.05) is 0 Å². The molecule has 0 atom stereocenters. The maximum absolute atomic E-state index is 13.5. The molecule has 0 N–H and O–H groups in total. The van der Waals surface area contributed by atoms with Crippen molar-refractivity contribution in [3.63, 3.8) is 0 Å². The molecule has 0 heterocycles. The third-order valence-corrected chi connectivity index (χ3v) is 3.51. The van der Waals surface area contributed by atoms with E-state index in [9.17, 15) is 22.0 Å². The maximum atomic E-state index is 13.5. The van der Waals surface area contributed by atoms with Crippen molar-refractivity contribution in [3.8, 4) is 5.75 Å². The predicted molar refractivity (Wildman–Crippen MR) is 63.0 cm³/mol. The molecule has 2 rings (SSSR count). The molecule has 6 heteroatoms. The summed E-state index contributed by atoms with van der Waals surface area (Å²) < 4.78 is 71.1. The van der Waals surface area contributed by atoms with E-state index in [4.69, 9.17) is 4.74 Å². The van der Waals surface area contributed by atoms with Gasteiger partial charge in [-0.2, -0.15) is 8.78 Å². The third-order valence-electron chi connectivity index (χ3n) is 3.51. The largest absolute Gasteiger partial charge is 0.484 e. The Hall–Kier alpha value is -1.33. The van der Waals surface area contributed by atoms with Crippen LogP contribution >= 0.6 is 0 Å². The molecule has 0 radical (unpaired) electrons. The van der Waals surface area contributed by atoms with Crippen molar-refractivity contribution in [3.05, 3.63) is 29.1 Å². The van der Waals surface area contributed by atoms with Crippen molar-refractivity contribution >= 4 is 0 Å². The van der Waals surface area contributed by atoms with Gasteiger partial charge in [-0.15, -0.1) is 0 Å². The highest BCUT2D eigenvalue weighted by atomic mass is 19.2. The van der Waals surface area contributed by atoms with Gasteiger partial charge in [0, 0.05) is 0 Å². The average Bonchev–Trinajstić information content (AvgIpc) is 2.41. The molecule has 1 aromatic carbocycles. The van der Waals surface area contributed by atoms with Gasteiger partial charge in [-0.25, -0.2) is 13.2 Å². The van der Waals surface area contributed by atoms with E-state index in [0.29, 0.717) is 12.8 Å². The number of rotatable bonds is 2. The van der Waals surface area contributed by atoms with Crippen LogP contribution in [0.5, 0.6) is 5.75 Å². The summed E-state index contributed by atoms with van der Waals surface area (Å²) >= 11 is 0. The van der Waals surface area contributed by atoms with E-state index >= 15 is 0 Å². The highest BCUT2D eigenvalue weighted by molar-refractivity contribution is 5.30. The van der Waals surface area contributed by atoms with Crippen LogP contribution in [0.15, 0.2) is 0 Å². The Morgan fingerprint density at radius 3 is 1.50 bits per heavy atom. The van der Waals surface area contributed by atoms with E-state index in [0.717, 1.165) is 32.1 Å². The van der Waals surface area contributed by atoms with Gasteiger partial charge < -0.3 is 4.74 Å². The lowest BCUT2D eigenvalue weighted by Crippen LogP contribution is -2.20. The van der Waals surface area contributed by atoms with E-state index in [2.05, 4.69) is 0 Å². The van der Waals surface area contributed by atoms with Crippen molar-refractivity contribution < 1.29 is 26.7 Å². The SMILES string of the molecule is Fc1c(F)c(F)c(OC2CCCCCCC2)c(F)c1F. The van der Waals surface area contributed by atoms with E-state index in [1.54, 1.807) is 0 Å². The fourth-order valence-electron chi connectivity index (χ4n) is 2.39. The number of hydrogen-bond acceptors (Lipinski definition) is 1. The van der Waals surface area contributed by atoms with Gasteiger partial charge in [0.1, 0.15) is 0 Å². The molecule has 0 aromatic heterocycles. The van der Waals surface area contributed by atoms with Crippen molar-refractivity contribution in [2.24, 2.45) is 0 Å². The highest BCUT2D eigenvalue weighted by Gasteiger charge is 2.28. The van der Waals surface area contributed by atoms with Crippen LogP contribution in [0.3, 0.4) is 0 Å². The summed E-state index contributed by atoms with van der Waals surface area (Å²) in [6, 6.07) is 0. The fourth-order valence-corrected chi connectivity index (χ4v) is 2.39. The molecule has 20 heavy (non-hydrogen) atoms. The molecule has 0 bridgehead atoms. The minimum absolute atomic E-state index is 0.511. The zero-order valence-corrected chi connectivity index (χ0v) is 10.8. The highest BCUT2D eigenvalue weighted by Crippen LogP contribution is 2.31. The Bertz CT molecular complexity index is 452. The average molecular weight is 294 g/mol. The molecular weight excluding hydrogens is 279 g/mol. The van der Waals surface area contributed by atoms with Gasteiger partial charge >= 0.3 is 0 Å². The van der Waals surface area contributed by atoms with Gasteiger partial charge in [0.25, 0.3) is 0 Å². The number of benzene rings is 1. The van der Waals surface area contributed by atoms with Crippen LogP contribution in [0, 0.1) is 29.1 Å². The molecule has 1 aliphatic rings. The second-order valence-electron chi connectivity index (χ2n) is 4.98. The Kier molecular flexibility index (Phi) is 4.83. The molecule has 1 nitrogen and oxygen atoms in total. The molecule has 0 amide bonds. The van der Waals surface area contributed by atoms with Crippen molar-refractivity contribution in [1.82, 2.24) is 0 Å². The minimum atomic E-state index is -2.16. The lowest BCUT2D eigenvalue weighted by Gasteiger charge is -2.22. The third kappa shape index (κ3) is 3.04. The van der Waals surface area contributed by atoms with Crippen LogP contribution < -0.4 is 4.74 Å². The smallest absolute Gasteiger partial charge is 0.207 e. The summed E-state index contributed by atoms with van der Waals surface area (Å²) in [4.78, 5) is 0. The lowest BCUT2D eigenvalue weighted by molar-refractivity contribution is 0.147. The first-order chi connectivity index (χ1) is 9.52. The zero-order chi connectivity index (χ0) is 14.7. The topological polar surface area (TPSA) is 9.23 Å². The van der Waals surface area contributed by atoms with E-state index in [1.807, 2.05) is 0 Å². The molecule has 0 spiro atoms. The van der Waals surface area contributed by atoms with Crippen LogP contribution in [-0.4, -0.2) is 6.10 Å². The molecule has 1 aromatic rings. The van der Waals surface area contributed by atoms with Crippen molar-refractivity contribution in [1.29, 1.82) is 0 Å². The number of halogens is 5. The summed E-state index contributed by atoms with van der Waals surface area (Å²) in [5.74, 6) is -11.1. The molecule has 0 saturated heterocycles. The van der Waals surface area contributed by atoms with Crippen LogP contribution in [0.2, 0.25) is 0 Å². The Labute approximate surface area is 113 Å². The quantitative estimate of drug-likeness (QED) is 0.429. The first-order valence-corrected chi connectivity index (χ1v) is 6.70. The van der Waals surface area contributed by atoms with E-state index in [-0.39, 0.29) is 0 Å².